The average Bonchev–Trinajstić information content (AvgIpc) is 2.78. The lowest BCUT2D eigenvalue weighted by atomic mass is 9.78. The molecule has 158 valence electrons. The van der Waals surface area contributed by atoms with Crippen molar-refractivity contribution in [1.29, 1.82) is 0 Å². The normalized spacial score (nSPS) is 19.4. The molecule has 1 saturated carbocycles. The molecule has 1 aliphatic carbocycles. The van der Waals surface area contributed by atoms with E-state index in [2.05, 4.69) is 48.1 Å². The molecule has 0 N–H and O–H groups in total. The Balaban J connectivity index is 1.43. The molecule has 2 nitrogen and oxygen atoms in total. The largest absolute Gasteiger partial charge is 0.241 e. The second kappa shape index (κ2) is 12.1. The minimum Gasteiger partial charge on any atom is -0.241 e. The van der Waals surface area contributed by atoms with Crippen molar-refractivity contribution >= 4 is 0 Å². The summed E-state index contributed by atoms with van der Waals surface area (Å²) in [6, 6.07) is 8.96. The summed E-state index contributed by atoms with van der Waals surface area (Å²) in [5, 5.41) is 0. The lowest BCUT2D eigenvalue weighted by Gasteiger charge is -2.28. The standard InChI is InChI=1S/C27H40N2/c1-3-5-7-9-23-14-17-25(18-15-23)26-20-28-27(29-21-26)19-16-24-12-10-22(11-13-24)8-6-4-2/h14-15,17-18,20-22,24H,3-13,16,19H2,1-2H3. The van der Waals surface area contributed by atoms with Gasteiger partial charge in [-0.15, -0.1) is 0 Å². The highest BCUT2D eigenvalue weighted by molar-refractivity contribution is 5.61. The monoisotopic (exact) mass is 392 g/mol. The smallest absolute Gasteiger partial charge is 0.128 e. The molecule has 2 heteroatoms. The van der Waals surface area contributed by atoms with E-state index in [0.717, 1.165) is 29.6 Å². The Hall–Kier alpha value is -1.70. The highest BCUT2D eigenvalue weighted by Gasteiger charge is 2.20. The maximum atomic E-state index is 4.67. The van der Waals surface area contributed by atoms with E-state index in [1.54, 1.807) is 0 Å². The van der Waals surface area contributed by atoms with E-state index >= 15 is 0 Å². The predicted octanol–water partition coefficient (Wildman–Crippen LogP) is 7.81. The molecule has 1 heterocycles. The Morgan fingerprint density at radius 2 is 1.31 bits per heavy atom. The Morgan fingerprint density at radius 3 is 1.93 bits per heavy atom. The van der Waals surface area contributed by atoms with Gasteiger partial charge in [-0.25, -0.2) is 9.97 Å². The fourth-order valence-corrected chi connectivity index (χ4v) is 4.71. The van der Waals surface area contributed by atoms with E-state index in [4.69, 9.17) is 0 Å². The number of benzene rings is 1. The summed E-state index contributed by atoms with van der Waals surface area (Å²) in [5.41, 5.74) is 3.79. The van der Waals surface area contributed by atoms with Crippen molar-refractivity contribution in [3.63, 3.8) is 0 Å². The third-order valence-electron chi connectivity index (χ3n) is 6.77. The van der Waals surface area contributed by atoms with Crippen molar-refractivity contribution in [2.24, 2.45) is 11.8 Å². The van der Waals surface area contributed by atoms with Gasteiger partial charge in [0.25, 0.3) is 0 Å². The van der Waals surface area contributed by atoms with E-state index in [0.29, 0.717) is 0 Å². The molecule has 0 bridgehead atoms. The van der Waals surface area contributed by atoms with Gasteiger partial charge in [0, 0.05) is 24.4 Å². The second-order valence-corrected chi connectivity index (χ2v) is 9.11. The highest BCUT2D eigenvalue weighted by Crippen LogP contribution is 2.34. The van der Waals surface area contributed by atoms with Gasteiger partial charge in [0.1, 0.15) is 5.82 Å². The lowest BCUT2D eigenvalue weighted by molar-refractivity contribution is 0.249. The van der Waals surface area contributed by atoms with Gasteiger partial charge in [-0.2, -0.15) is 0 Å². The lowest BCUT2D eigenvalue weighted by Crippen LogP contribution is -2.15. The molecular weight excluding hydrogens is 352 g/mol. The van der Waals surface area contributed by atoms with Crippen LogP contribution in [0.2, 0.25) is 0 Å². The van der Waals surface area contributed by atoms with E-state index in [-0.39, 0.29) is 0 Å². The minimum absolute atomic E-state index is 0.886. The molecule has 29 heavy (non-hydrogen) atoms. The number of hydrogen-bond acceptors (Lipinski definition) is 2. The van der Waals surface area contributed by atoms with E-state index in [1.807, 2.05) is 12.4 Å². The quantitative estimate of drug-likeness (QED) is 0.364. The third kappa shape index (κ3) is 7.24. The van der Waals surface area contributed by atoms with Crippen molar-refractivity contribution in [2.45, 2.75) is 97.3 Å². The SMILES string of the molecule is CCCCCc1ccc(-c2cnc(CCC3CCC(CCCC)CC3)nc2)cc1. The number of rotatable bonds is 11. The molecule has 0 atom stereocenters. The Kier molecular flexibility index (Phi) is 9.18. The van der Waals surface area contributed by atoms with Crippen molar-refractivity contribution < 1.29 is 0 Å². The van der Waals surface area contributed by atoms with Gasteiger partial charge in [-0.05, 0) is 42.2 Å². The van der Waals surface area contributed by atoms with Crippen LogP contribution in [0.1, 0.15) is 95.9 Å². The topological polar surface area (TPSA) is 25.8 Å². The average molecular weight is 393 g/mol. The van der Waals surface area contributed by atoms with Crippen LogP contribution in [-0.4, -0.2) is 9.97 Å². The summed E-state index contributed by atoms with van der Waals surface area (Å²) in [7, 11) is 0. The maximum absolute atomic E-state index is 4.67. The van der Waals surface area contributed by atoms with Crippen molar-refractivity contribution in [3.05, 3.63) is 48.0 Å². The van der Waals surface area contributed by atoms with Crippen LogP contribution in [0.25, 0.3) is 11.1 Å². The van der Waals surface area contributed by atoms with Crippen molar-refractivity contribution in [2.75, 3.05) is 0 Å². The van der Waals surface area contributed by atoms with Crippen LogP contribution in [0.4, 0.5) is 0 Å². The van der Waals surface area contributed by atoms with Gasteiger partial charge in [0.15, 0.2) is 0 Å². The van der Waals surface area contributed by atoms with E-state index in [1.165, 1.54) is 88.2 Å². The highest BCUT2D eigenvalue weighted by atomic mass is 14.9. The number of aromatic nitrogens is 2. The van der Waals surface area contributed by atoms with Crippen LogP contribution < -0.4 is 0 Å². The Bertz CT molecular complexity index is 681. The second-order valence-electron chi connectivity index (χ2n) is 9.11. The number of aryl methyl sites for hydroxylation is 2. The van der Waals surface area contributed by atoms with E-state index < -0.39 is 0 Å². The molecule has 3 rings (SSSR count). The minimum atomic E-state index is 0.886. The van der Waals surface area contributed by atoms with Gasteiger partial charge in [-0.3, -0.25) is 0 Å². The molecule has 1 aromatic carbocycles. The van der Waals surface area contributed by atoms with Gasteiger partial charge >= 0.3 is 0 Å². The van der Waals surface area contributed by atoms with Gasteiger partial charge < -0.3 is 0 Å². The number of unbranched alkanes of at least 4 members (excludes halogenated alkanes) is 3. The molecule has 0 unspecified atom stereocenters. The zero-order valence-electron chi connectivity index (χ0n) is 18.7. The van der Waals surface area contributed by atoms with Crippen molar-refractivity contribution in [1.82, 2.24) is 9.97 Å². The Morgan fingerprint density at radius 1 is 0.690 bits per heavy atom. The first-order chi connectivity index (χ1) is 14.3. The van der Waals surface area contributed by atoms with Gasteiger partial charge in [0.2, 0.25) is 0 Å². The third-order valence-corrected chi connectivity index (χ3v) is 6.77. The van der Waals surface area contributed by atoms with Gasteiger partial charge in [0.05, 0.1) is 0 Å². The van der Waals surface area contributed by atoms with Crippen LogP contribution >= 0.6 is 0 Å². The van der Waals surface area contributed by atoms with Gasteiger partial charge in [-0.1, -0.05) is 95.9 Å². The fourth-order valence-electron chi connectivity index (χ4n) is 4.71. The summed E-state index contributed by atoms with van der Waals surface area (Å²) in [6.07, 6.45) is 21.3. The zero-order chi connectivity index (χ0) is 20.3. The molecule has 0 amide bonds. The van der Waals surface area contributed by atoms with Crippen LogP contribution in [0, 0.1) is 11.8 Å². The summed E-state index contributed by atoms with van der Waals surface area (Å²) >= 11 is 0. The summed E-state index contributed by atoms with van der Waals surface area (Å²) < 4.78 is 0. The summed E-state index contributed by atoms with van der Waals surface area (Å²) in [4.78, 5) is 9.33. The first-order valence-corrected chi connectivity index (χ1v) is 12.2. The maximum Gasteiger partial charge on any atom is 0.128 e. The number of nitrogens with zero attached hydrogens (tertiary/aromatic N) is 2. The molecular formula is C27H40N2. The molecule has 1 fully saturated rings. The molecule has 0 radical (unpaired) electrons. The molecule has 0 saturated heterocycles. The fraction of sp³-hybridized carbons (Fsp3) is 0.630. The Labute approximate surface area is 178 Å². The molecule has 2 aromatic rings. The van der Waals surface area contributed by atoms with Crippen molar-refractivity contribution in [3.8, 4) is 11.1 Å². The molecule has 1 aromatic heterocycles. The van der Waals surface area contributed by atoms with E-state index in [9.17, 15) is 0 Å². The molecule has 0 aliphatic heterocycles. The van der Waals surface area contributed by atoms with Crippen LogP contribution in [0.3, 0.4) is 0 Å². The first kappa shape index (κ1) is 22.0. The van der Waals surface area contributed by atoms with Crippen LogP contribution in [-0.2, 0) is 12.8 Å². The zero-order valence-corrected chi connectivity index (χ0v) is 18.7. The first-order valence-electron chi connectivity index (χ1n) is 12.2. The predicted molar refractivity (Wildman–Crippen MR) is 124 cm³/mol. The molecule has 1 aliphatic rings. The summed E-state index contributed by atoms with van der Waals surface area (Å²) in [6.45, 7) is 4.56. The van der Waals surface area contributed by atoms with Crippen LogP contribution in [0.15, 0.2) is 36.7 Å². The molecule has 0 spiro atoms. The number of hydrogen-bond donors (Lipinski definition) is 0. The summed E-state index contributed by atoms with van der Waals surface area (Å²) in [5.74, 6) is 2.90. The van der Waals surface area contributed by atoms with Crippen LogP contribution in [0.5, 0.6) is 0 Å².